The van der Waals surface area contributed by atoms with Gasteiger partial charge in [0.25, 0.3) is 16.1 Å². The third kappa shape index (κ3) is 6.10. The number of carbonyl (C=O) groups excluding carboxylic acids is 1. The molecule has 214 valence electrons. The van der Waals surface area contributed by atoms with Gasteiger partial charge in [-0.25, -0.2) is 0 Å². The van der Waals surface area contributed by atoms with Crippen molar-refractivity contribution in [2.24, 2.45) is 0 Å². The third-order valence-corrected chi connectivity index (χ3v) is 10.2. The summed E-state index contributed by atoms with van der Waals surface area (Å²) in [6.07, 6.45) is 4.33. The van der Waals surface area contributed by atoms with E-state index >= 15 is 0 Å². The predicted molar refractivity (Wildman–Crippen MR) is 151 cm³/mol. The van der Waals surface area contributed by atoms with Gasteiger partial charge in [-0.2, -0.15) is 17.0 Å². The van der Waals surface area contributed by atoms with Crippen molar-refractivity contribution in [3.63, 3.8) is 0 Å². The summed E-state index contributed by atoms with van der Waals surface area (Å²) in [5.74, 6) is 0.948. The zero-order valence-corrected chi connectivity index (χ0v) is 23.6. The lowest BCUT2D eigenvalue weighted by atomic mass is 9.68. The molecule has 2 aromatic carbocycles. The molecule has 10 heteroatoms. The van der Waals surface area contributed by atoms with E-state index < -0.39 is 10.2 Å². The Kier molecular flexibility index (Phi) is 8.90. The van der Waals surface area contributed by atoms with E-state index in [9.17, 15) is 13.2 Å². The highest BCUT2D eigenvalue weighted by Crippen LogP contribution is 2.42. The van der Waals surface area contributed by atoms with Gasteiger partial charge in [-0.05, 0) is 55.5 Å². The fourth-order valence-electron chi connectivity index (χ4n) is 5.86. The van der Waals surface area contributed by atoms with Crippen LogP contribution in [-0.2, 0) is 26.9 Å². The molecule has 1 aliphatic carbocycles. The van der Waals surface area contributed by atoms with E-state index in [1.165, 1.54) is 4.31 Å². The molecule has 0 radical (unpaired) electrons. The fourth-order valence-corrected chi connectivity index (χ4v) is 7.65. The van der Waals surface area contributed by atoms with Crippen LogP contribution in [0.2, 0.25) is 0 Å². The van der Waals surface area contributed by atoms with Gasteiger partial charge in [0.15, 0.2) is 0 Å². The van der Waals surface area contributed by atoms with Crippen molar-refractivity contribution in [1.82, 2.24) is 13.9 Å². The average molecular weight is 568 g/mol. The van der Waals surface area contributed by atoms with Crippen molar-refractivity contribution in [2.75, 3.05) is 40.0 Å². The average Bonchev–Trinajstić information content (AvgIpc) is 3.53. The number of para-hydroxylation sites is 1. The molecular formula is C30H37N3O6S. The largest absolute Gasteiger partial charge is 0.496 e. The van der Waals surface area contributed by atoms with Crippen LogP contribution in [0.25, 0.3) is 0 Å². The first-order valence-electron chi connectivity index (χ1n) is 13.8. The molecule has 2 heterocycles. The van der Waals surface area contributed by atoms with Gasteiger partial charge in [0.2, 0.25) is 0 Å². The normalized spacial score (nSPS) is 22.2. The Balaban J connectivity index is 1.37. The van der Waals surface area contributed by atoms with Crippen molar-refractivity contribution >= 4 is 16.1 Å². The molecule has 5 rings (SSSR count). The molecule has 1 aliphatic heterocycles. The maximum atomic E-state index is 13.9. The number of nitrogens with one attached hydrogen (secondary N) is 1. The molecule has 1 aromatic heterocycles. The monoisotopic (exact) mass is 567 g/mol. The van der Waals surface area contributed by atoms with Crippen LogP contribution >= 0.6 is 0 Å². The smallest absolute Gasteiger partial charge is 0.282 e. The zero-order valence-electron chi connectivity index (χ0n) is 22.8. The van der Waals surface area contributed by atoms with Gasteiger partial charge in [-0.3, -0.25) is 4.79 Å². The number of ether oxygens (including phenoxy) is 2. The highest BCUT2D eigenvalue weighted by Gasteiger charge is 2.43. The minimum absolute atomic E-state index is 0.181. The van der Waals surface area contributed by atoms with Crippen LogP contribution in [0.4, 0.5) is 0 Å². The minimum atomic E-state index is -3.73. The maximum Gasteiger partial charge on any atom is 0.282 e. The number of morpholine rings is 1. The Morgan fingerprint density at radius 3 is 2.40 bits per heavy atom. The van der Waals surface area contributed by atoms with Gasteiger partial charge in [0.1, 0.15) is 11.5 Å². The lowest BCUT2D eigenvalue weighted by Gasteiger charge is -2.44. The Morgan fingerprint density at radius 1 is 1.02 bits per heavy atom. The van der Waals surface area contributed by atoms with Crippen molar-refractivity contribution in [1.29, 1.82) is 0 Å². The lowest BCUT2D eigenvalue weighted by Crippen LogP contribution is -2.54. The second kappa shape index (κ2) is 12.6. The van der Waals surface area contributed by atoms with Crippen LogP contribution in [0.3, 0.4) is 0 Å². The van der Waals surface area contributed by atoms with Crippen LogP contribution < -0.4 is 10.1 Å². The summed E-state index contributed by atoms with van der Waals surface area (Å²) >= 11 is 0. The second-order valence-electron chi connectivity index (χ2n) is 10.4. The lowest BCUT2D eigenvalue weighted by molar-refractivity contribution is 0.0670. The minimum Gasteiger partial charge on any atom is -0.496 e. The van der Waals surface area contributed by atoms with Gasteiger partial charge in [-0.1, -0.05) is 42.5 Å². The number of furan rings is 1. The summed E-state index contributed by atoms with van der Waals surface area (Å²) in [6.45, 7) is 2.08. The molecular weight excluding hydrogens is 530 g/mol. The van der Waals surface area contributed by atoms with Gasteiger partial charge < -0.3 is 19.2 Å². The first-order chi connectivity index (χ1) is 19.4. The predicted octanol–water partition coefficient (Wildman–Crippen LogP) is 3.98. The zero-order chi connectivity index (χ0) is 28.0. The Morgan fingerprint density at radius 2 is 1.73 bits per heavy atom. The van der Waals surface area contributed by atoms with E-state index in [1.807, 2.05) is 36.4 Å². The second-order valence-corrected chi connectivity index (χ2v) is 12.3. The highest BCUT2D eigenvalue weighted by atomic mass is 32.2. The summed E-state index contributed by atoms with van der Waals surface area (Å²) in [7, 11) is -2.17. The van der Waals surface area contributed by atoms with E-state index in [0.717, 1.165) is 18.4 Å². The highest BCUT2D eigenvalue weighted by molar-refractivity contribution is 7.86. The van der Waals surface area contributed by atoms with E-state index in [1.54, 1.807) is 35.9 Å². The molecule has 3 aromatic rings. The maximum absolute atomic E-state index is 13.9. The number of methoxy groups -OCH3 is 1. The quantitative estimate of drug-likeness (QED) is 0.398. The van der Waals surface area contributed by atoms with Gasteiger partial charge in [0.05, 0.1) is 38.7 Å². The third-order valence-electron chi connectivity index (χ3n) is 8.13. The van der Waals surface area contributed by atoms with Gasteiger partial charge in [-0.15, -0.1) is 0 Å². The van der Waals surface area contributed by atoms with Crippen LogP contribution in [0.5, 0.6) is 5.75 Å². The first kappa shape index (κ1) is 28.4. The van der Waals surface area contributed by atoms with Crippen molar-refractivity contribution in [3.8, 4) is 5.75 Å². The first-order valence-corrected chi connectivity index (χ1v) is 15.2. The Labute approximate surface area is 236 Å². The summed E-state index contributed by atoms with van der Waals surface area (Å²) in [5.41, 5.74) is 1.31. The summed E-state index contributed by atoms with van der Waals surface area (Å²) in [5, 5.41) is 3.16. The topological polar surface area (TPSA) is 101 Å². The van der Waals surface area contributed by atoms with Gasteiger partial charge >= 0.3 is 0 Å². The molecule has 40 heavy (non-hydrogen) atoms. The Hall–Kier alpha value is -3.18. The number of rotatable bonds is 10. The molecule has 2 aliphatic rings. The van der Waals surface area contributed by atoms with Crippen molar-refractivity contribution in [2.45, 2.75) is 43.7 Å². The van der Waals surface area contributed by atoms with E-state index in [4.69, 9.17) is 13.9 Å². The summed E-state index contributed by atoms with van der Waals surface area (Å²) in [4.78, 5) is 13.2. The van der Waals surface area contributed by atoms with E-state index in [2.05, 4.69) is 17.4 Å². The number of amides is 1. The molecule has 1 saturated heterocycles. The van der Waals surface area contributed by atoms with Crippen LogP contribution in [0.1, 0.15) is 47.4 Å². The summed E-state index contributed by atoms with van der Waals surface area (Å²) < 4.78 is 47.2. The van der Waals surface area contributed by atoms with Crippen molar-refractivity contribution in [3.05, 3.63) is 89.9 Å². The molecule has 0 bridgehead atoms. The SMILES string of the molecule is COc1ccccc1C(=O)NC[C@]1(c2ccccc2)CC[C@@H](N(Cc2ccco2)S(=O)(=O)N2CCOCC2)CC1. The van der Waals surface area contributed by atoms with Crippen LogP contribution in [-0.4, -0.2) is 68.9 Å². The standard InChI is InChI=1S/C30H37N3O6S/c1-37-28-12-6-5-11-27(28)29(34)31-23-30(24-8-3-2-4-9-24)15-13-25(14-16-30)33(22-26-10-7-19-39-26)40(35,36)32-17-20-38-21-18-32/h2-12,19,25H,13-18,20-23H2,1H3,(H,31,34)/t25-,30+. The van der Waals surface area contributed by atoms with E-state index in [-0.39, 0.29) is 23.9 Å². The number of nitrogens with zero attached hydrogens (tertiary/aromatic N) is 2. The van der Waals surface area contributed by atoms with E-state index in [0.29, 0.717) is 62.8 Å². The van der Waals surface area contributed by atoms with Crippen LogP contribution in [0, 0.1) is 0 Å². The Bertz CT molecular complexity index is 1350. The van der Waals surface area contributed by atoms with Crippen LogP contribution in [0.15, 0.2) is 77.4 Å². The van der Waals surface area contributed by atoms with Gasteiger partial charge in [0, 0.05) is 31.1 Å². The number of benzene rings is 2. The molecule has 9 nitrogen and oxygen atoms in total. The molecule has 0 spiro atoms. The molecule has 2 fully saturated rings. The number of hydrogen-bond donors (Lipinski definition) is 1. The molecule has 0 atom stereocenters. The summed E-state index contributed by atoms with van der Waals surface area (Å²) in [6, 6.07) is 20.8. The molecule has 1 N–H and O–H groups in total. The molecule has 1 saturated carbocycles. The number of carbonyl (C=O) groups is 1. The fraction of sp³-hybridized carbons (Fsp3) is 0.433. The van der Waals surface area contributed by atoms with Crippen molar-refractivity contribution < 1.29 is 27.1 Å². The molecule has 0 unspecified atom stereocenters. The molecule has 1 amide bonds. The number of hydrogen-bond acceptors (Lipinski definition) is 6.